The molecule has 208 valence electrons. The number of aromatic hydroxyl groups is 1. The van der Waals surface area contributed by atoms with Crippen LogP contribution >= 0.6 is 0 Å². The second-order valence-electron chi connectivity index (χ2n) is 10.7. The van der Waals surface area contributed by atoms with E-state index < -0.39 is 40.3 Å². The number of aromatic nitrogens is 2. The monoisotopic (exact) mass is 541 g/mol. The maximum absolute atomic E-state index is 13.6. The molecule has 3 N–H and O–H groups in total. The fourth-order valence-electron chi connectivity index (χ4n) is 6.01. The predicted molar refractivity (Wildman–Crippen MR) is 136 cm³/mol. The lowest BCUT2D eigenvalue weighted by Gasteiger charge is -2.38. The van der Waals surface area contributed by atoms with Crippen molar-refractivity contribution in [3.8, 4) is 5.75 Å². The Morgan fingerprint density at radius 1 is 1.18 bits per heavy atom. The smallest absolute Gasteiger partial charge is 0.296 e. The minimum Gasteiger partial charge on any atom is -0.501 e. The quantitative estimate of drug-likeness (QED) is 0.498. The van der Waals surface area contributed by atoms with Gasteiger partial charge in [-0.05, 0) is 49.3 Å². The zero-order chi connectivity index (χ0) is 27.9. The van der Waals surface area contributed by atoms with Crippen LogP contribution in [0.4, 0.5) is 4.39 Å². The lowest BCUT2D eigenvalue weighted by molar-refractivity contribution is -0.138. The summed E-state index contributed by atoms with van der Waals surface area (Å²) < 4.78 is 20.0. The van der Waals surface area contributed by atoms with Crippen LogP contribution in [-0.4, -0.2) is 63.1 Å². The van der Waals surface area contributed by atoms with Crippen molar-refractivity contribution in [2.24, 2.45) is 5.92 Å². The highest BCUT2D eigenvalue weighted by atomic mass is 19.1. The molecule has 1 aromatic heterocycles. The van der Waals surface area contributed by atoms with Gasteiger partial charge in [0.2, 0.25) is 17.6 Å². The van der Waals surface area contributed by atoms with E-state index in [1.807, 2.05) is 0 Å². The van der Waals surface area contributed by atoms with Crippen LogP contribution in [0.25, 0.3) is 0 Å². The van der Waals surface area contributed by atoms with E-state index in [-0.39, 0.29) is 36.2 Å². The number of likely N-dealkylation sites (tertiary alicyclic amines) is 1. The number of nitrogens with zero attached hydrogens (tertiary/aromatic N) is 3. The summed E-state index contributed by atoms with van der Waals surface area (Å²) >= 11 is 0. The number of ether oxygens (including phenoxy) is 1. The van der Waals surface area contributed by atoms with Crippen LogP contribution in [-0.2, 0) is 33.0 Å². The molecule has 0 spiro atoms. The lowest BCUT2D eigenvalue weighted by Crippen LogP contribution is -2.55. The third-order valence-corrected chi connectivity index (χ3v) is 8.22. The molecule has 3 aliphatic heterocycles. The number of rotatable bonds is 6. The number of fused-ring (bicyclic) bond motifs is 2. The first-order chi connectivity index (χ1) is 18.6. The molecular weight excluding hydrogens is 509 g/mol. The zero-order valence-corrected chi connectivity index (χ0v) is 21.9. The number of benzene rings is 1. The van der Waals surface area contributed by atoms with Crippen molar-refractivity contribution in [1.29, 1.82) is 0 Å². The Balaban J connectivity index is 1.47. The third kappa shape index (κ3) is 5.00. The molecule has 0 radical (unpaired) electrons. The second kappa shape index (κ2) is 10.4. The molecule has 1 saturated heterocycles. The van der Waals surface area contributed by atoms with Crippen LogP contribution in [0.3, 0.4) is 0 Å². The van der Waals surface area contributed by atoms with Gasteiger partial charge in [-0.25, -0.2) is 9.37 Å². The minimum absolute atomic E-state index is 0.0336. The molecular formula is C27H32FN5O6. The number of methoxy groups -OCH3 is 1. The van der Waals surface area contributed by atoms with Crippen molar-refractivity contribution in [1.82, 2.24) is 25.1 Å². The van der Waals surface area contributed by atoms with E-state index in [9.17, 15) is 28.7 Å². The van der Waals surface area contributed by atoms with Crippen LogP contribution < -0.4 is 16.2 Å². The van der Waals surface area contributed by atoms with Crippen LogP contribution in [0, 0.1) is 11.7 Å². The van der Waals surface area contributed by atoms with Crippen LogP contribution in [0.1, 0.15) is 60.9 Å². The lowest BCUT2D eigenvalue weighted by atomic mass is 9.77. The molecule has 1 aliphatic carbocycles. The van der Waals surface area contributed by atoms with Gasteiger partial charge in [-0.2, -0.15) is 0 Å². The summed E-state index contributed by atoms with van der Waals surface area (Å²) in [7, 11) is 1.54. The Morgan fingerprint density at radius 2 is 1.87 bits per heavy atom. The molecule has 12 heteroatoms. The van der Waals surface area contributed by atoms with Crippen LogP contribution in [0.2, 0.25) is 0 Å². The van der Waals surface area contributed by atoms with E-state index in [0.717, 1.165) is 12.8 Å². The average Bonchev–Trinajstić information content (AvgIpc) is 3.25. The molecule has 1 unspecified atom stereocenters. The third-order valence-electron chi connectivity index (χ3n) is 8.22. The van der Waals surface area contributed by atoms with Crippen molar-refractivity contribution >= 4 is 17.7 Å². The van der Waals surface area contributed by atoms with Crippen molar-refractivity contribution in [2.75, 3.05) is 13.7 Å². The molecule has 2 aromatic rings. The van der Waals surface area contributed by atoms with Crippen LogP contribution in [0.15, 0.2) is 29.1 Å². The topological polar surface area (TPSA) is 143 Å². The van der Waals surface area contributed by atoms with Crippen molar-refractivity contribution in [3.05, 3.63) is 57.5 Å². The number of carbonyl (C=O) groups is 3. The van der Waals surface area contributed by atoms with E-state index in [1.54, 1.807) is 0 Å². The molecule has 4 heterocycles. The van der Waals surface area contributed by atoms with Gasteiger partial charge >= 0.3 is 0 Å². The summed E-state index contributed by atoms with van der Waals surface area (Å²) in [6, 6.07) is 4.82. The Labute approximate surface area is 224 Å². The first kappa shape index (κ1) is 26.8. The first-order valence-electron chi connectivity index (χ1n) is 13.1. The van der Waals surface area contributed by atoms with Gasteiger partial charge in [0.15, 0.2) is 5.69 Å². The molecule has 4 aliphatic rings. The van der Waals surface area contributed by atoms with Gasteiger partial charge in [-0.15, -0.1) is 0 Å². The fourth-order valence-corrected chi connectivity index (χ4v) is 6.01. The standard InChI is InChI=1S/C27H32FN5O6/c1-15(34)32-14-19(39-2)11-20(32)23(36)31-27-9-7-17(8-10-27)13-33-25(38)22(35)21(30-26(27)33)24(37)29-12-16-3-5-18(28)6-4-16/h3-6,17,19-20,35H,7-14H2,1-2H3,(H,29,37)(H,31,36)/t17?,19-,20?,27?/m1/s1. The summed E-state index contributed by atoms with van der Waals surface area (Å²) in [5, 5.41) is 16.4. The Kier molecular flexibility index (Phi) is 7.15. The molecule has 2 bridgehead atoms. The minimum atomic E-state index is -1.05. The van der Waals surface area contributed by atoms with Gasteiger partial charge in [0, 0.05) is 40.1 Å². The molecule has 2 fully saturated rings. The maximum Gasteiger partial charge on any atom is 0.296 e. The number of nitrogens with one attached hydrogen (secondary N) is 2. The van der Waals surface area contributed by atoms with E-state index in [2.05, 4.69) is 15.6 Å². The Bertz CT molecular complexity index is 1350. The number of amides is 3. The summed E-state index contributed by atoms with van der Waals surface area (Å²) in [6.07, 6.45) is 2.51. The zero-order valence-electron chi connectivity index (χ0n) is 21.9. The number of hydrogen-bond acceptors (Lipinski definition) is 7. The van der Waals surface area contributed by atoms with Gasteiger partial charge in [0.1, 0.15) is 17.7 Å². The van der Waals surface area contributed by atoms with E-state index in [1.165, 1.54) is 47.8 Å². The summed E-state index contributed by atoms with van der Waals surface area (Å²) in [5.41, 5.74) is -1.60. The highest BCUT2D eigenvalue weighted by Gasteiger charge is 2.48. The Hall–Kier alpha value is -3.80. The highest BCUT2D eigenvalue weighted by molar-refractivity contribution is 5.94. The Morgan fingerprint density at radius 3 is 2.51 bits per heavy atom. The average molecular weight is 542 g/mol. The predicted octanol–water partition coefficient (Wildman–Crippen LogP) is 1.17. The van der Waals surface area contributed by atoms with Crippen LogP contribution in [0.5, 0.6) is 5.75 Å². The van der Waals surface area contributed by atoms with E-state index in [4.69, 9.17) is 4.74 Å². The van der Waals surface area contributed by atoms with E-state index in [0.29, 0.717) is 37.9 Å². The summed E-state index contributed by atoms with van der Waals surface area (Å²) in [5.74, 6) is -2.17. The molecule has 39 heavy (non-hydrogen) atoms. The molecule has 6 rings (SSSR count). The number of carbonyl (C=O) groups excluding carboxylic acids is 3. The molecule has 1 saturated carbocycles. The van der Waals surface area contributed by atoms with Crippen molar-refractivity contribution in [3.63, 3.8) is 0 Å². The largest absolute Gasteiger partial charge is 0.501 e. The second-order valence-corrected chi connectivity index (χ2v) is 10.7. The SMILES string of the molecule is CO[C@@H]1CC(C(=O)NC23CCC(CC2)Cn2c3nc(C(=O)NCc3ccc(F)cc3)c(O)c2=O)N(C(C)=O)C1. The normalized spacial score (nSPS) is 25.6. The van der Waals surface area contributed by atoms with Gasteiger partial charge < -0.3 is 25.4 Å². The maximum atomic E-state index is 13.6. The van der Waals surface area contributed by atoms with Crippen molar-refractivity contribution in [2.45, 2.75) is 69.8 Å². The van der Waals surface area contributed by atoms with Gasteiger partial charge in [-0.3, -0.25) is 23.7 Å². The first-order valence-corrected chi connectivity index (χ1v) is 13.1. The van der Waals surface area contributed by atoms with Gasteiger partial charge in [0.05, 0.1) is 11.6 Å². The summed E-state index contributed by atoms with van der Waals surface area (Å²) in [6.45, 7) is 2.06. The number of halogens is 1. The van der Waals surface area contributed by atoms with E-state index >= 15 is 0 Å². The fraction of sp³-hybridized carbons (Fsp3) is 0.519. The molecule has 3 amide bonds. The molecule has 1 aromatic carbocycles. The molecule has 11 nitrogen and oxygen atoms in total. The van der Waals surface area contributed by atoms with Gasteiger partial charge in [-0.1, -0.05) is 12.1 Å². The van der Waals surface area contributed by atoms with Crippen molar-refractivity contribution < 1.29 is 28.6 Å². The van der Waals surface area contributed by atoms with Gasteiger partial charge in [0.25, 0.3) is 11.5 Å². The number of hydrogen-bond donors (Lipinski definition) is 3. The highest BCUT2D eigenvalue weighted by Crippen LogP contribution is 2.43. The summed E-state index contributed by atoms with van der Waals surface area (Å²) in [4.78, 5) is 58.2. The molecule has 2 atom stereocenters.